The highest BCUT2D eigenvalue weighted by molar-refractivity contribution is 5.93. The van der Waals surface area contributed by atoms with E-state index in [2.05, 4.69) is 92.7 Å². The number of hydrogen-bond donors (Lipinski definition) is 0. The van der Waals surface area contributed by atoms with Crippen molar-refractivity contribution in [3.8, 4) is 45.6 Å². The summed E-state index contributed by atoms with van der Waals surface area (Å²) < 4.78 is 13.0. The van der Waals surface area contributed by atoms with Gasteiger partial charge in [-0.2, -0.15) is 0 Å². The molecule has 0 atom stereocenters. The molecule has 0 saturated carbocycles. The minimum atomic E-state index is -0.0853. The van der Waals surface area contributed by atoms with Crippen molar-refractivity contribution >= 4 is 10.9 Å². The lowest BCUT2D eigenvalue weighted by molar-refractivity contribution is 0.359. The van der Waals surface area contributed by atoms with Crippen LogP contribution in [0.2, 0.25) is 0 Å². The van der Waals surface area contributed by atoms with Crippen LogP contribution >= 0.6 is 0 Å². The molecule has 4 heteroatoms. The Morgan fingerprint density at radius 3 is 1.89 bits per heavy atom. The molecule has 0 radical (unpaired) electrons. The lowest BCUT2D eigenvalue weighted by Gasteiger charge is -2.39. The van der Waals surface area contributed by atoms with Gasteiger partial charge in [0, 0.05) is 27.8 Å². The van der Waals surface area contributed by atoms with Gasteiger partial charge in [-0.25, -0.2) is 9.97 Å². The summed E-state index contributed by atoms with van der Waals surface area (Å²) in [5, 5.41) is 1.02. The highest BCUT2D eigenvalue weighted by Crippen LogP contribution is 2.52. The molecule has 0 fully saturated rings. The third kappa shape index (κ3) is 4.14. The Labute approximate surface area is 268 Å². The van der Waals surface area contributed by atoms with Crippen molar-refractivity contribution in [2.75, 3.05) is 0 Å². The first-order valence-electron chi connectivity index (χ1n) is 15.7. The van der Waals surface area contributed by atoms with Gasteiger partial charge in [-0.05, 0) is 64.2 Å². The largest absolute Gasteiger partial charge is 0.450 e. The van der Waals surface area contributed by atoms with E-state index in [4.69, 9.17) is 19.4 Å². The lowest BCUT2D eigenvalue weighted by Crippen LogP contribution is -2.29. The first-order chi connectivity index (χ1) is 22.5. The van der Waals surface area contributed by atoms with Gasteiger partial charge in [0.15, 0.2) is 28.8 Å². The third-order valence-electron chi connectivity index (χ3n) is 9.48. The molecule has 46 heavy (non-hydrogen) atoms. The Balaban J connectivity index is 1.12. The van der Waals surface area contributed by atoms with Crippen molar-refractivity contribution in [3.63, 3.8) is 0 Å². The molecule has 6 aromatic carbocycles. The summed E-state index contributed by atoms with van der Waals surface area (Å²) in [4.78, 5) is 10.0. The molecule has 1 aromatic heterocycles. The second-order valence-corrected chi connectivity index (χ2v) is 12.6. The first kappa shape index (κ1) is 26.6. The van der Waals surface area contributed by atoms with E-state index in [1.807, 2.05) is 60.7 Å². The van der Waals surface area contributed by atoms with Gasteiger partial charge in [-0.1, -0.05) is 117 Å². The smallest absolute Gasteiger partial charge is 0.170 e. The van der Waals surface area contributed by atoms with Crippen molar-refractivity contribution < 1.29 is 9.47 Å². The zero-order valence-electron chi connectivity index (χ0n) is 25.6. The summed E-state index contributed by atoms with van der Waals surface area (Å²) >= 11 is 0. The predicted octanol–water partition coefficient (Wildman–Crippen LogP) is 10.7. The number of nitrogens with zero attached hydrogens (tertiary/aromatic N) is 2. The van der Waals surface area contributed by atoms with E-state index in [0.717, 1.165) is 27.7 Å². The van der Waals surface area contributed by atoms with E-state index in [1.165, 1.54) is 27.8 Å². The molecule has 0 bridgehead atoms. The van der Waals surface area contributed by atoms with Crippen LogP contribution in [-0.4, -0.2) is 9.97 Å². The molecule has 4 nitrogen and oxygen atoms in total. The van der Waals surface area contributed by atoms with Crippen molar-refractivity contribution in [1.82, 2.24) is 9.97 Å². The monoisotopic (exact) mass is 594 g/mol. The van der Waals surface area contributed by atoms with Crippen molar-refractivity contribution in [2.45, 2.75) is 25.2 Å². The summed E-state index contributed by atoms with van der Waals surface area (Å²) in [6.45, 7) is 4.64. The molecule has 2 heterocycles. The fraction of sp³-hybridized carbons (Fsp3) is 0.0952. The summed E-state index contributed by atoms with van der Waals surface area (Å²) in [6.07, 6.45) is 0. The maximum Gasteiger partial charge on any atom is 0.170 e. The number of ether oxygens (including phenoxy) is 2. The molecule has 0 spiro atoms. The molecule has 1 aliphatic heterocycles. The first-order valence-corrected chi connectivity index (χ1v) is 15.7. The van der Waals surface area contributed by atoms with Crippen LogP contribution in [0.5, 0.6) is 23.0 Å². The Morgan fingerprint density at radius 1 is 0.522 bits per heavy atom. The quantitative estimate of drug-likeness (QED) is 0.204. The maximum absolute atomic E-state index is 6.61. The highest BCUT2D eigenvalue weighted by Gasteiger charge is 2.38. The standard InChI is InChI=1S/C42H30N2O2/c1-42(2)32-17-9-6-14-29(32)39(30-15-7-10-18-33(30)42)27-20-22-35-37(24-27)46-38-25-28(21-23-36(38)45-35)41-43-34-19-11-8-16-31(34)40(44-41)26-12-4-3-5-13-26/h3-25,39H,1-2H3. The Bertz CT molecular complexity index is 2260. The van der Waals surface area contributed by atoms with Crippen LogP contribution < -0.4 is 9.47 Å². The minimum Gasteiger partial charge on any atom is -0.450 e. The van der Waals surface area contributed by atoms with Crippen molar-refractivity contribution in [3.05, 3.63) is 167 Å². The Hall–Kier alpha value is -5.74. The average Bonchev–Trinajstić information content (AvgIpc) is 3.10. The van der Waals surface area contributed by atoms with E-state index in [9.17, 15) is 0 Å². The number of fused-ring (bicyclic) bond motifs is 5. The fourth-order valence-electron chi connectivity index (χ4n) is 7.25. The SMILES string of the molecule is CC1(C)c2ccccc2C(c2ccc3c(c2)Oc2cc(-c4nc(-c5ccccc5)c5ccccc5n4)ccc2O3)c2ccccc21. The van der Waals surface area contributed by atoms with E-state index in [0.29, 0.717) is 28.8 Å². The van der Waals surface area contributed by atoms with E-state index >= 15 is 0 Å². The number of benzene rings is 6. The molecule has 220 valence electrons. The predicted molar refractivity (Wildman–Crippen MR) is 183 cm³/mol. The maximum atomic E-state index is 6.61. The van der Waals surface area contributed by atoms with Crippen LogP contribution in [0.15, 0.2) is 140 Å². The number of aromatic nitrogens is 2. The normalized spacial score (nSPS) is 14.3. The number of rotatable bonds is 3. The lowest BCUT2D eigenvalue weighted by atomic mass is 9.64. The zero-order chi connectivity index (χ0) is 30.8. The third-order valence-corrected chi connectivity index (χ3v) is 9.48. The van der Waals surface area contributed by atoms with Gasteiger partial charge < -0.3 is 9.47 Å². The van der Waals surface area contributed by atoms with Gasteiger partial charge in [0.2, 0.25) is 0 Å². The molecule has 0 amide bonds. The van der Waals surface area contributed by atoms with Gasteiger partial charge in [0.1, 0.15) is 0 Å². The van der Waals surface area contributed by atoms with E-state index in [1.54, 1.807) is 0 Å². The molecule has 7 aromatic rings. The van der Waals surface area contributed by atoms with Crippen LogP contribution in [0.4, 0.5) is 0 Å². The Kier molecular flexibility index (Phi) is 5.88. The molecule has 0 unspecified atom stereocenters. The van der Waals surface area contributed by atoms with Gasteiger partial charge >= 0.3 is 0 Å². The molecule has 9 rings (SSSR count). The second-order valence-electron chi connectivity index (χ2n) is 12.6. The number of hydrogen-bond acceptors (Lipinski definition) is 4. The Morgan fingerprint density at radius 2 is 1.13 bits per heavy atom. The molecule has 0 N–H and O–H groups in total. The van der Waals surface area contributed by atoms with Gasteiger partial charge in [-0.15, -0.1) is 0 Å². The molecule has 0 saturated heterocycles. The van der Waals surface area contributed by atoms with Crippen LogP contribution in [0.3, 0.4) is 0 Å². The van der Waals surface area contributed by atoms with Crippen molar-refractivity contribution in [2.24, 2.45) is 0 Å². The second kappa shape index (κ2) is 10.1. The van der Waals surface area contributed by atoms with Gasteiger partial charge in [-0.3, -0.25) is 0 Å². The van der Waals surface area contributed by atoms with Crippen LogP contribution in [0.1, 0.15) is 47.6 Å². The van der Waals surface area contributed by atoms with E-state index < -0.39 is 0 Å². The van der Waals surface area contributed by atoms with Crippen molar-refractivity contribution in [1.29, 1.82) is 0 Å². The summed E-state index contributed by atoms with van der Waals surface area (Å²) in [5.41, 5.74) is 10.2. The summed E-state index contributed by atoms with van der Waals surface area (Å²) in [5.74, 6) is 3.45. The average molecular weight is 595 g/mol. The van der Waals surface area contributed by atoms with Crippen LogP contribution in [0.25, 0.3) is 33.5 Å². The fourth-order valence-corrected chi connectivity index (χ4v) is 7.25. The van der Waals surface area contributed by atoms with Gasteiger partial charge in [0.25, 0.3) is 0 Å². The minimum absolute atomic E-state index is 0.0853. The summed E-state index contributed by atoms with van der Waals surface area (Å²) in [6, 6.07) is 48.3. The summed E-state index contributed by atoms with van der Waals surface area (Å²) in [7, 11) is 0. The molecular formula is C42H30N2O2. The van der Waals surface area contributed by atoms with E-state index in [-0.39, 0.29) is 11.3 Å². The highest BCUT2D eigenvalue weighted by atomic mass is 16.6. The van der Waals surface area contributed by atoms with Crippen LogP contribution in [0, 0.1) is 0 Å². The zero-order valence-corrected chi connectivity index (χ0v) is 25.6. The van der Waals surface area contributed by atoms with Gasteiger partial charge in [0.05, 0.1) is 11.2 Å². The number of para-hydroxylation sites is 1. The molecule has 1 aliphatic carbocycles. The topological polar surface area (TPSA) is 44.2 Å². The molecular weight excluding hydrogens is 564 g/mol. The molecule has 2 aliphatic rings. The van der Waals surface area contributed by atoms with Crippen LogP contribution in [-0.2, 0) is 5.41 Å².